The van der Waals surface area contributed by atoms with Crippen LogP contribution in [-0.2, 0) is 6.54 Å². The lowest BCUT2D eigenvalue weighted by atomic mass is 10.1. The molecule has 0 radical (unpaired) electrons. The van der Waals surface area contributed by atoms with Crippen molar-refractivity contribution in [2.75, 3.05) is 26.2 Å². The number of nitrogens with one attached hydrogen (secondary N) is 1. The van der Waals surface area contributed by atoms with Crippen molar-refractivity contribution >= 4 is 0 Å². The molecule has 1 atom stereocenters. The van der Waals surface area contributed by atoms with Gasteiger partial charge in [-0.1, -0.05) is 32.0 Å². The molecule has 0 aliphatic carbocycles. The molecule has 0 spiro atoms. The molecular weight excluding hydrogens is 252 g/mol. The van der Waals surface area contributed by atoms with Gasteiger partial charge in [0.15, 0.2) is 0 Å². The van der Waals surface area contributed by atoms with Gasteiger partial charge in [-0.25, -0.2) is 0 Å². The first-order chi connectivity index (χ1) is 9.46. The van der Waals surface area contributed by atoms with Crippen LogP contribution in [-0.4, -0.2) is 47.9 Å². The second-order valence-corrected chi connectivity index (χ2v) is 6.20. The fourth-order valence-electron chi connectivity index (χ4n) is 2.48. The number of hydrogen-bond acceptors (Lipinski definition) is 4. The van der Waals surface area contributed by atoms with Gasteiger partial charge in [0.25, 0.3) is 0 Å². The molecule has 112 valence electrons. The number of para-hydroxylation sites is 1. The van der Waals surface area contributed by atoms with E-state index in [9.17, 15) is 5.11 Å². The van der Waals surface area contributed by atoms with Crippen LogP contribution in [0.1, 0.15) is 26.3 Å². The monoisotopic (exact) mass is 278 g/mol. The summed E-state index contributed by atoms with van der Waals surface area (Å²) in [6.07, 6.45) is 0. The summed E-state index contributed by atoms with van der Waals surface area (Å²) in [5.41, 5.74) is 0.460. The zero-order valence-corrected chi connectivity index (χ0v) is 12.7. The molecule has 0 saturated heterocycles. The van der Waals surface area contributed by atoms with Gasteiger partial charge in [-0.3, -0.25) is 4.90 Å². The van der Waals surface area contributed by atoms with E-state index in [4.69, 9.17) is 4.74 Å². The smallest absolute Gasteiger partial charge is 0.123 e. The molecule has 0 amide bonds. The number of fused-ring (bicyclic) bond motifs is 1. The van der Waals surface area contributed by atoms with Gasteiger partial charge in [0.2, 0.25) is 0 Å². The molecular formula is C16H26N2O2. The van der Waals surface area contributed by atoms with Gasteiger partial charge in [-0.15, -0.1) is 0 Å². The Bertz CT molecular complexity index is 432. The van der Waals surface area contributed by atoms with Crippen molar-refractivity contribution in [1.29, 1.82) is 0 Å². The number of rotatable bonds is 5. The van der Waals surface area contributed by atoms with Gasteiger partial charge in [0.05, 0.1) is 5.60 Å². The normalized spacial score (nSPS) is 19.1. The van der Waals surface area contributed by atoms with Crippen LogP contribution < -0.4 is 10.1 Å². The van der Waals surface area contributed by atoms with Crippen LogP contribution in [0.15, 0.2) is 24.3 Å². The van der Waals surface area contributed by atoms with E-state index in [-0.39, 0.29) is 0 Å². The van der Waals surface area contributed by atoms with Crippen LogP contribution in [0.2, 0.25) is 0 Å². The van der Waals surface area contributed by atoms with Crippen LogP contribution >= 0.6 is 0 Å². The van der Waals surface area contributed by atoms with E-state index in [1.54, 1.807) is 0 Å². The van der Waals surface area contributed by atoms with Gasteiger partial charge < -0.3 is 15.2 Å². The summed E-state index contributed by atoms with van der Waals surface area (Å²) >= 11 is 0. The summed E-state index contributed by atoms with van der Waals surface area (Å²) in [5, 5.41) is 13.8. The SMILES string of the molecule is CC(C)NCC(C)(O)CN1CCOc2ccccc2C1. The number of aliphatic hydroxyl groups is 1. The first kappa shape index (κ1) is 15.3. The highest BCUT2D eigenvalue weighted by Crippen LogP contribution is 2.23. The first-order valence-electron chi connectivity index (χ1n) is 7.35. The van der Waals surface area contributed by atoms with Gasteiger partial charge in [0, 0.05) is 37.8 Å². The van der Waals surface area contributed by atoms with Gasteiger partial charge in [0.1, 0.15) is 12.4 Å². The van der Waals surface area contributed by atoms with Crippen molar-refractivity contribution in [2.45, 2.75) is 39.0 Å². The number of β-amino-alcohol motifs (C(OH)–C–C–N with tert-alkyl or cyclic N) is 1. The molecule has 4 nitrogen and oxygen atoms in total. The van der Waals surface area contributed by atoms with Crippen molar-refractivity contribution < 1.29 is 9.84 Å². The quantitative estimate of drug-likeness (QED) is 0.859. The number of ether oxygens (including phenoxy) is 1. The third-order valence-electron chi connectivity index (χ3n) is 3.49. The molecule has 4 heteroatoms. The lowest BCUT2D eigenvalue weighted by Gasteiger charge is -2.31. The number of benzene rings is 1. The Morgan fingerprint density at radius 3 is 2.90 bits per heavy atom. The van der Waals surface area contributed by atoms with Gasteiger partial charge >= 0.3 is 0 Å². The van der Waals surface area contributed by atoms with Crippen molar-refractivity contribution in [3.63, 3.8) is 0 Å². The zero-order chi connectivity index (χ0) is 14.6. The number of nitrogens with zero attached hydrogens (tertiary/aromatic N) is 1. The molecule has 0 aromatic heterocycles. The highest BCUT2D eigenvalue weighted by Gasteiger charge is 2.25. The molecule has 20 heavy (non-hydrogen) atoms. The predicted molar refractivity (Wildman–Crippen MR) is 81.0 cm³/mol. The Balaban J connectivity index is 1.96. The number of hydrogen-bond donors (Lipinski definition) is 2. The molecule has 1 unspecified atom stereocenters. The van der Waals surface area contributed by atoms with Crippen molar-refractivity contribution in [3.8, 4) is 5.75 Å². The van der Waals surface area contributed by atoms with Crippen LogP contribution in [0.3, 0.4) is 0 Å². The maximum Gasteiger partial charge on any atom is 0.123 e. The van der Waals surface area contributed by atoms with Crippen LogP contribution in [0, 0.1) is 0 Å². The fourth-order valence-corrected chi connectivity index (χ4v) is 2.48. The summed E-state index contributed by atoms with van der Waals surface area (Å²) in [6, 6.07) is 8.52. The summed E-state index contributed by atoms with van der Waals surface area (Å²) in [7, 11) is 0. The molecule has 1 aromatic rings. The molecule has 1 aliphatic heterocycles. The first-order valence-corrected chi connectivity index (χ1v) is 7.35. The van der Waals surface area contributed by atoms with E-state index in [1.807, 2.05) is 25.1 Å². The van der Waals surface area contributed by atoms with E-state index < -0.39 is 5.60 Å². The van der Waals surface area contributed by atoms with Crippen LogP contribution in [0.25, 0.3) is 0 Å². The van der Waals surface area contributed by atoms with Crippen molar-refractivity contribution in [3.05, 3.63) is 29.8 Å². The fraction of sp³-hybridized carbons (Fsp3) is 0.625. The lowest BCUT2D eigenvalue weighted by Crippen LogP contribution is -2.49. The lowest BCUT2D eigenvalue weighted by molar-refractivity contribution is 0.0151. The molecule has 2 rings (SSSR count). The molecule has 2 N–H and O–H groups in total. The Labute approximate surface area is 121 Å². The Morgan fingerprint density at radius 2 is 2.15 bits per heavy atom. The highest BCUT2D eigenvalue weighted by atomic mass is 16.5. The highest BCUT2D eigenvalue weighted by molar-refractivity contribution is 5.33. The van der Waals surface area contributed by atoms with Gasteiger partial charge in [-0.2, -0.15) is 0 Å². The topological polar surface area (TPSA) is 44.7 Å². The van der Waals surface area contributed by atoms with E-state index in [0.717, 1.165) is 18.8 Å². The molecule has 1 aliphatic rings. The Morgan fingerprint density at radius 1 is 1.40 bits per heavy atom. The van der Waals surface area contributed by atoms with E-state index in [0.29, 0.717) is 25.7 Å². The minimum absolute atomic E-state index is 0.384. The third-order valence-corrected chi connectivity index (χ3v) is 3.49. The molecule has 0 bridgehead atoms. The van der Waals surface area contributed by atoms with Crippen molar-refractivity contribution in [2.24, 2.45) is 0 Å². The summed E-state index contributed by atoms with van der Waals surface area (Å²) in [4.78, 5) is 2.26. The zero-order valence-electron chi connectivity index (χ0n) is 12.7. The standard InChI is InChI=1S/C16H26N2O2/c1-13(2)17-11-16(3,19)12-18-8-9-20-15-7-5-4-6-14(15)10-18/h4-7,13,17,19H,8-12H2,1-3H3. The van der Waals surface area contributed by atoms with Crippen LogP contribution in [0.5, 0.6) is 5.75 Å². The molecule has 1 aromatic carbocycles. The maximum atomic E-state index is 10.5. The molecule has 0 saturated carbocycles. The van der Waals surface area contributed by atoms with Crippen LogP contribution in [0.4, 0.5) is 0 Å². The summed E-state index contributed by atoms with van der Waals surface area (Å²) in [6.45, 7) is 9.65. The average molecular weight is 278 g/mol. The Kier molecular flexibility index (Phi) is 5.02. The van der Waals surface area contributed by atoms with E-state index >= 15 is 0 Å². The minimum Gasteiger partial charge on any atom is -0.492 e. The van der Waals surface area contributed by atoms with Crippen molar-refractivity contribution in [1.82, 2.24) is 10.2 Å². The average Bonchev–Trinajstić information content (AvgIpc) is 2.57. The maximum absolute atomic E-state index is 10.5. The van der Waals surface area contributed by atoms with E-state index in [2.05, 4.69) is 30.1 Å². The Hall–Kier alpha value is -1.10. The molecule has 0 fully saturated rings. The summed E-state index contributed by atoms with van der Waals surface area (Å²) < 4.78 is 5.75. The summed E-state index contributed by atoms with van der Waals surface area (Å²) in [5.74, 6) is 0.968. The second-order valence-electron chi connectivity index (χ2n) is 6.20. The second kappa shape index (κ2) is 6.57. The van der Waals surface area contributed by atoms with Gasteiger partial charge in [-0.05, 0) is 13.0 Å². The third kappa shape index (κ3) is 4.47. The largest absolute Gasteiger partial charge is 0.492 e. The molecule has 1 heterocycles. The van der Waals surface area contributed by atoms with E-state index in [1.165, 1.54) is 5.56 Å². The minimum atomic E-state index is -0.733. The predicted octanol–water partition coefficient (Wildman–Crippen LogP) is 1.63.